The molecule has 1 aromatic carbocycles. The van der Waals surface area contributed by atoms with Gasteiger partial charge in [-0.2, -0.15) is 0 Å². The van der Waals surface area contributed by atoms with Crippen molar-refractivity contribution >= 4 is 17.3 Å². The van der Waals surface area contributed by atoms with E-state index in [1.165, 1.54) is 12.8 Å². The highest BCUT2D eigenvalue weighted by Gasteiger charge is 2.22. The zero-order valence-corrected chi connectivity index (χ0v) is 10.9. The summed E-state index contributed by atoms with van der Waals surface area (Å²) in [4.78, 5) is 14.0. The number of hydrogen-bond donors (Lipinski definition) is 2. The molecule has 0 radical (unpaired) electrons. The molecule has 0 heterocycles. The summed E-state index contributed by atoms with van der Waals surface area (Å²) in [5, 5.41) is 2.84. The minimum atomic E-state index is 0.0237. The van der Waals surface area contributed by atoms with E-state index in [-0.39, 0.29) is 5.91 Å². The van der Waals surface area contributed by atoms with Gasteiger partial charge >= 0.3 is 0 Å². The quantitative estimate of drug-likeness (QED) is 0.755. The van der Waals surface area contributed by atoms with Crippen LogP contribution in [0.4, 0.5) is 11.4 Å². The van der Waals surface area contributed by atoms with E-state index in [9.17, 15) is 4.79 Å². The predicted octanol–water partition coefficient (Wildman–Crippen LogP) is 1.94. The van der Waals surface area contributed by atoms with Gasteiger partial charge in [0.1, 0.15) is 0 Å². The molecule has 0 bridgehead atoms. The third-order valence-electron chi connectivity index (χ3n) is 3.22. The summed E-state index contributed by atoms with van der Waals surface area (Å²) in [6.45, 7) is 1.91. The van der Waals surface area contributed by atoms with Gasteiger partial charge < -0.3 is 16.0 Å². The van der Waals surface area contributed by atoms with Crippen LogP contribution in [0.3, 0.4) is 0 Å². The number of nitrogens with two attached hydrogens (primary N) is 1. The number of carbonyl (C=O) groups excluding carboxylic acids is 1. The van der Waals surface area contributed by atoms with Crippen molar-refractivity contribution in [2.24, 2.45) is 5.92 Å². The monoisotopic (exact) mass is 247 g/mol. The average Bonchev–Trinajstić information content (AvgIpc) is 3.13. The maximum Gasteiger partial charge on any atom is 0.225 e. The molecule has 1 fully saturated rings. The summed E-state index contributed by atoms with van der Waals surface area (Å²) in [5.74, 6) is 0.887. The van der Waals surface area contributed by atoms with Crippen LogP contribution in [-0.4, -0.2) is 30.9 Å². The second-order valence-corrected chi connectivity index (χ2v) is 5.09. The van der Waals surface area contributed by atoms with Crippen molar-refractivity contribution < 1.29 is 4.79 Å². The van der Waals surface area contributed by atoms with Crippen molar-refractivity contribution in [3.05, 3.63) is 24.3 Å². The molecule has 1 amide bonds. The molecule has 2 rings (SSSR count). The fourth-order valence-corrected chi connectivity index (χ4v) is 1.95. The van der Waals surface area contributed by atoms with E-state index >= 15 is 0 Å². The van der Waals surface area contributed by atoms with E-state index in [2.05, 4.69) is 17.3 Å². The van der Waals surface area contributed by atoms with E-state index in [1.54, 1.807) is 6.07 Å². The Morgan fingerprint density at radius 1 is 1.44 bits per heavy atom. The molecule has 0 spiro atoms. The number of carbonyl (C=O) groups is 1. The van der Waals surface area contributed by atoms with Crippen molar-refractivity contribution in [1.82, 2.24) is 4.90 Å². The molecule has 1 saturated carbocycles. The summed E-state index contributed by atoms with van der Waals surface area (Å²) in [6.07, 6.45) is 3.20. The van der Waals surface area contributed by atoms with Crippen LogP contribution < -0.4 is 11.1 Å². The second kappa shape index (κ2) is 5.87. The lowest BCUT2D eigenvalue weighted by Crippen LogP contribution is -2.26. The van der Waals surface area contributed by atoms with E-state index < -0.39 is 0 Å². The number of rotatable bonds is 6. The molecule has 0 saturated heterocycles. The molecule has 98 valence electrons. The summed E-state index contributed by atoms with van der Waals surface area (Å²) >= 11 is 0. The third kappa shape index (κ3) is 4.04. The Balaban J connectivity index is 1.73. The second-order valence-electron chi connectivity index (χ2n) is 5.09. The lowest BCUT2D eigenvalue weighted by Gasteiger charge is -2.15. The van der Waals surface area contributed by atoms with Gasteiger partial charge in [0, 0.05) is 19.5 Å². The fraction of sp³-hybridized carbons (Fsp3) is 0.500. The molecule has 0 atom stereocenters. The molecule has 0 unspecified atom stereocenters. The molecule has 4 heteroatoms. The first-order valence-electron chi connectivity index (χ1n) is 6.48. The van der Waals surface area contributed by atoms with Crippen molar-refractivity contribution in [2.45, 2.75) is 19.3 Å². The minimum Gasteiger partial charge on any atom is -0.397 e. The number of nitrogen functional groups attached to an aromatic ring is 1. The SMILES string of the molecule is CN(CCC(=O)Nc1ccccc1N)CC1CC1. The molecule has 0 aromatic heterocycles. The maximum absolute atomic E-state index is 11.8. The van der Waals surface area contributed by atoms with Crippen molar-refractivity contribution in [1.29, 1.82) is 0 Å². The summed E-state index contributed by atoms with van der Waals surface area (Å²) in [6, 6.07) is 7.33. The van der Waals surface area contributed by atoms with Gasteiger partial charge in [0.15, 0.2) is 0 Å². The molecule has 1 aromatic rings. The number of benzene rings is 1. The van der Waals surface area contributed by atoms with Crippen LogP contribution in [0.25, 0.3) is 0 Å². The molecule has 0 aliphatic heterocycles. The highest BCUT2D eigenvalue weighted by atomic mass is 16.1. The summed E-state index contributed by atoms with van der Waals surface area (Å²) in [5.41, 5.74) is 7.08. The Bertz CT molecular complexity index is 415. The first-order valence-corrected chi connectivity index (χ1v) is 6.48. The van der Waals surface area contributed by atoms with Crippen LogP contribution >= 0.6 is 0 Å². The van der Waals surface area contributed by atoms with E-state index in [0.29, 0.717) is 17.8 Å². The summed E-state index contributed by atoms with van der Waals surface area (Å²) < 4.78 is 0. The number of hydrogen-bond acceptors (Lipinski definition) is 3. The van der Waals surface area contributed by atoms with Crippen LogP contribution in [0, 0.1) is 5.92 Å². The molecular weight excluding hydrogens is 226 g/mol. The highest BCUT2D eigenvalue weighted by Crippen LogP contribution is 2.29. The number of nitrogens with one attached hydrogen (secondary N) is 1. The standard InChI is InChI=1S/C14H21N3O/c1-17(10-11-6-7-11)9-8-14(18)16-13-5-3-2-4-12(13)15/h2-5,11H,6-10,15H2,1H3,(H,16,18). The Morgan fingerprint density at radius 3 is 2.83 bits per heavy atom. The summed E-state index contributed by atoms with van der Waals surface area (Å²) in [7, 11) is 2.07. The topological polar surface area (TPSA) is 58.4 Å². The lowest BCUT2D eigenvalue weighted by atomic mass is 10.2. The van der Waals surface area contributed by atoms with Gasteiger partial charge in [-0.15, -0.1) is 0 Å². The lowest BCUT2D eigenvalue weighted by molar-refractivity contribution is -0.116. The van der Waals surface area contributed by atoms with Crippen LogP contribution in [0.1, 0.15) is 19.3 Å². The van der Waals surface area contributed by atoms with Crippen LogP contribution in [0.2, 0.25) is 0 Å². The molecule has 4 nitrogen and oxygen atoms in total. The normalized spacial score (nSPS) is 14.8. The van der Waals surface area contributed by atoms with Gasteiger partial charge in [0.05, 0.1) is 11.4 Å². The van der Waals surface area contributed by atoms with Crippen molar-refractivity contribution in [3.63, 3.8) is 0 Å². The first-order chi connectivity index (χ1) is 8.65. The fourth-order valence-electron chi connectivity index (χ4n) is 1.95. The zero-order chi connectivity index (χ0) is 13.0. The van der Waals surface area contributed by atoms with Gasteiger partial charge in [-0.3, -0.25) is 4.79 Å². The minimum absolute atomic E-state index is 0.0237. The van der Waals surface area contributed by atoms with Gasteiger partial charge in [-0.1, -0.05) is 12.1 Å². The largest absolute Gasteiger partial charge is 0.397 e. The van der Waals surface area contributed by atoms with Crippen LogP contribution in [-0.2, 0) is 4.79 Å². The third-order valence-corrected chi connectivity index (χ3v) is 3.22. The van der Waals surface area contributed by atoms with Crippen molar-refractivity contribution in [2.75, 3.05) is 31.2 Å². The van der Waals surface area contributed by atoms with E-state index in [0.717, 1.165) is 19.0 Å². The van der Waals surface area contributed by atoms with Gasteiger partial charge in [0.2, 0.25) is 5.91 Å². The van der Waals surface area contributed by atoms with Crippen molar-refractivity contribution in [3.8, 4) is 0 Å². The highest BCUT2D eigenvalue weighted by molar-refractivity contribution is 5.93. The van der Waals surface area contributed by atoms with Crippen LogP contribution in [0.15, 0.2) is 24.3 Å². The van der Waals surface area contributed by atoms with Gasteiger partial charge in [-0.05, 0) is 37.9 Å². The molecule has 1 aliphatic rings. The Morgan fingerprint density at radius 2 is 2.17 bits per heavy atom. The number of para-hydroxylation sites is 2. The zero-order valence-electron chi connectivity index (χ0n) is 10.9. The average molecular weight is 247 g/mol. The van der Waals surface area contributed by atoms with Crippen LogP contribution in [0.5, 0.6) is 0 Å². The Kier molecular flexibility index (Phi) is 4.20. The number of anilines is 2. The maximum atomic E-state index is 11.8. The van der Waals surface area contributed by atoms with E-state index in [4.69, 9.17) is 5.73 Å². The molecule has 1 aliphatic carbocycles. The van der Waals surface area contributed by atoms with Gasteiger partial charge in [-0.25, -0.2) is 0 Å². The van der Waals surface area contributed by atoms with Gasteiger partial charge in [0.25, 0.3) is 0 Å². The molecular formula is C14H21N3O. The number of amides is 1. The molecule has 18 heavy (non-hydrogen) atoms. The smallest absolute Gasteiger partial charge is 0.225 e. The Hall–Kier alpha value is -1.55. The molecule has 3 N–H and O–H groups in total. The number of nitrogens with zero attached hydrogens (tertiary/aromatic N) is 1. The predicted molar refractivity (Wildman–Crippen MR) is 74.3 cm³/mol. The Labute approximate surface area is 108 Å². The first kappa shape index (κ1) is 12.9. The van der Waals surface area contributed by atoms with E-state index in [1.807, 2.05) is 18.2 Å².